The highest BCUT2D eigenvalue weighted by Gasteiger charge is 2.31. The van der Waals surface area contributed by atoms with Gasteiger partial charge >= 0.3 is 0 Å². The van der Waals surface area contributed by atoms with Crippen LogP contribution in [0.15, 0.2) is 18.2 Å². The van der Waals surface area contributed by atoms with Crippen LogP contribution in [0.1, 0.15) is 46.0 Å². The number of hydrogen-bond donors (Lipinski definition) is 2. The fourth-order valence-electron chi connectivity index (χ4n) is 2.86. The van der Waals surface area contributed by atoms with Gasteiger partial charge in [0.2, 0.25) is 0 Å². The van der Waals surface area contributed by atoms with E-state index in [1.54, 1.807) is 26.8 Å². The number of nitrogens with zero attached hydrogens (tertiary/aromatic N) is 2. The summed E-state index contributed by atoms with van der Waals surface area (Å²) in [6.45, 7) is 4.98. The summed E-state index contributed by atoms with van der Waals surface area (Å²) in [6, 6.07) is 5.05. The average Bonchev–Trinajstić information content (AvgIpc) is 2.85. The standard InChI is InChI=1S/C19H19FN4O3/c1-9(2)23-19(27)17(25)14-10(3)24(4)16(18(22)26)15(14)11-5-6-13(20)12(7-11)8-21/h5-7,9H,1-4H3,(H2,22,26)(H,23,27). The van der Waals surface area contributed by atoms with Crippen molar-refractivity contribution in [2.24, 2.45) is 12.8 Å². The molecule has 0 fully saturated rings. The van der Waals surface area contributed by atoms with Crippen molar-refractivity contribution in [2.75, 3.05) is 0 Å². The molecule has 0 atom stereocenters. The molecule has 0 aliphatic heterocycles. The molecule has 0 saturated heterocycles. The summed E-state index contributed by atoms with van der Waals surface area (Å²) in [7, 11) is 1.53. The number of ketones is 1. The maximum atomic E-state index is 13.7. The van der Waals surface area contributed by atoms with Gasteiger partial charge in [0.25, 0.3) is 17.6 Å². The van der Waals surface area contributed by atoms with Crippen LogP contribution in [0, 0.1) is 24.1 Å². The number of carbonyl (C=O) groups excluding carboxylic acids is 3. The van der Waals surface area contributed by atoms with Gasteiger partial charge in [0.1, 0.15) is 17.6 Å². The molecule has 0 aliphatic rings. The lowest BCUT2D eigenvalue weighted by atomic mass is 9.95. The minimum Gasteiger partial charge on any atom is -0.364 e. The molecule has 0 spiro atoms. The topological polar surface area (TPSA) is 118 Å². The summed E-state index contributed by atoms with van der Waals surface area (Å²) in [5, 5.41) is 11.6. The summed E-state index contributed by atoms with van der Waals surface area (Å²) in [6.07, 6.45) is 0. The molecule has 0 unspecified atom stereocenters. The number of nitrogens with two attached hydrogens (primary N) is 1. The van der Waals surface area contributed by atoms with Crippen molar-refractivity contribution in [2.45, 2.75) is 26.8 Å². The summed E-state index contributed by atoms with van der Waals surface area (Å²) < 4.78 is 15.1. The number of aromatic nitrogens is 1. The summed E-state index contributed by atoms with van der Waals surface area (Å²) in [4.78, 5) is 37.1. The van der Waals surface area contributed by atoms with Crippen molar-refractivity contribution in [1.29, 1.82) is 5.26 Å². The lowest BCUT2D eigenvalue weighted by Gasteiger charge is -2.10. The van der Waals surface area contributed by atoms with E-state index in [1.807, 2.05) is 0 Å². The van der Waals surface area contributed by atoms with Crippen molar-refractivity contribution in [3.8, 4) is 17.2 Å². The predicted octanol–water partition coefficient (Wildman–Crippen LogP) is 1.82. The van der Waals surface area contributed by atoms with Gasteiger partial charge in [-0.2, -0.15) is 5.26 Å². The largest absolute Gasteiger partial charge is 0.364 e. The Balaban J connectivity index is 2.81. The van der Waals surface area contributed by atoms with Gasteiger partial charge in [0, 0.05) is 24.3 Å². The second-order valence-electron chi connectivity index (χ2n) is 6.37. The molecule has 0 bridgehead atoms. The molecule has 1 aromatic carbocycles. The highest BCUT2D eigenvalue weighted by atomic mass is 19.1. The third-order valence-corrected chi connectivity index (χ3v) is 4.15. The lowest BCUT2D eigenvalue weighted by Crippen LogP contribution is -2.36. The van der Waals surface area contributed by atoms with Crippen molar-refractivity contribution < 1.29 is 18.8 Å². The van der Waals surface area contributed by atoms with Gasteiger partial charge in [-0.1, -0.05) is 6.07 Å². The average molecular weight is 370 g/mol. The van der Waals surface area contributed by atoms with E-state index in [2.05, 4.69) is 5.32 Å². The van der Waals surface area contributed by atoms with Crippen LogP contribution in [-0.4, -0.2) is 28.2 Å². The first-order valence-electron chi connectivity index (χ1n) is 8.14. The van der Waals surface area contributed by atoms with Gasteiger partial charge in [-0.05, 0) is 38.5 Å². The maximum absolute atomic E-state index is 13.7. The van der Waals surface area contributed by atoms with E-state index < -0.39 is 23.4 Å². The Hall–Kier alpha value is -3.47. The Bertz CT molecular complexity index is 999. The summed E-state index contributed by atoms with van der Waals surface area (Å²) in [5.74, 6) is -3.23. The van der Waals surface area contributed by atoms with Crippen LogP contribution in [0.5, 0.6) is 0 Å². The van der Waals surface area contributed by atoms with E-state index in [1.165, 1.54) is 23.7 Å². The van der Waals surface area contributed by atoms with Crippen molar-refractivity contribution in [1.82, 2.24) is 9.88 Å². The van der Waals surface area contributed by atoms with Crippen molar-refractivity contribution >= 4 is 17.6 Å². The Morgan fingerprint density at radius 1 is 1.30 bits per heavy atom. The number of nitrogens with one attached hydrogen (secondary N) is 1. The first-order chi connectivity index (χ1) is 12.6. The Kier molecular flexibility index (Phi) is 5.45. The van der Waals surface area contributed by atoms with E-state index in [9.17, 15) is 18.8 Å². The molecule has 2 aromatic rings. The van der Waals surface area contributed by atoms with Gasteiger partial charge in [0.15, 0.2) is 0 Å². The van der Waals surface area contributed by atoms with E-state index in [-0.39, 0.29) is 34.0 Å². The Labute approximate surface area is 155 Å². The monoisotopic (exact) mass is 370 g/mol. The smallest absolute Gasteiger partial charge is 0.292 e. The number of primary amides is 1. The number of rotatable bonds is 5. The number of benzene rings is 1. The van der Waals surface area contributed by atoms with Crippen LogP contribution in [0.3, 0.4) is 0 Å². The minimum absolute atomic E-state index is 0.0105. The molecular formula is C19H19FN4O3. The highest BCUT2D eigenvalue weighted by Crippen LogP contribution is 2.33. The van der Waals surface area contributed by atoms with Crippen LogP contribution in [0.4, 0.5) is 4.39 Å². The zero-order valence-electron chi connectivity index (χ0n) is 15.4. The molecule has 2 amide bonds. The quantitative estimate of drug-likeness (QED) is 0.616. The van der Waals surface area contributed by atoms with Crippen LogP contribution in [0.25, 0.3) is 11.1 Å². The molecule has 140 valence electrons. The first kappa shape index (κ1) is 19.8. The van der Waals surface area contributed by atoms with Crippen LogP contribution >= 0.6 is 0 Å². The third-order valence-electron chi connectivity index (χ3n) is 4.15. The fourth-order valence-corrected chi connectivity index (χ4v) is 2.86. The van der Waals surface area contributed by atoms with Gasteiger partial charge < -0.3 is 15.6 Å². The van der Waals surface area contributed by atoms with Crippen LogP contribution in [0.2, 0.25) is 0 Å². The molecular weight excluding hydrogens is 351 g/mol. The normalized spacial score (nSPS) is 10.6. The molecule has 0 radical (unpaired) electrons. The van der Waals surface area contributed by atoms with Crippen molar-refractivity contribution in [3.63, 3.8) is 0 Å². The number of Topliss-reactive ketones (excluding diaryl/α,β-unsaturated/α-hetero) is 1. The molecule has 1 heterocycles. The lowest BCUT2D eigenvalue weighted by molar-refractivity contribution is -0.117. The third kappa shape index (κ3) is 3.58. The zero-order chi connectivity index (χ0) is 20.5. The first-order valence-corrected chi connectivity index (χ1v) is 8.14. The van der Waals surface area contributed by atoms with Crippen molar-refractivity contribution in [3.05, 3.63) is 46.5 Å². The summed E-state index contributed by atoms with van der Waals surface area (Å²) >= 11 is 0. The zero-order valence-corrected chi connectivity index (χ0v) is 15.4. The number of hydrogen-bond acceptors (Lipinski definition) is 4. The van der Waals surface area contributed by atoms with Gasteiger partial charge in [0.05, 0.1) is 11.1 Å². The predicted molar refractivity (Wildman–Crippen MR) is 96.4 cm³/mol. The van der Waals surface area contributed by atoms with E-state index >= 15 is 0 Å². The molecule has 1 aromatic heterocycles. The molecule has 27 heavy (non-hydrogen) atoms. The Morgan fingerprint density at radius 3 is 2.44 bits per heavy atom. The maximum Gasteiger partial charge on any atom is 0.292 e. The molecule has 2 rings (SSSR count). The molecule has 3 N–H and O–H groups in total. The van der Waals surface area contributed by atoms with E-state index in [4.69, 9.17) is 11.0 Å². The summed E-state index contributed by atoms with van der Waals surface area (Å²) in [5.41, 5.74) is 5.90. The molecule has 8 heteroatoms. The van der Waals surface area contributed by atoms with E-state index in [0.29, 0.717) is 5.69 Å². The minimum atomic E-state index is -0.845. The highest BCUT2D eigenvalue weighted by molar-refractivity contribution is 6.44. The second-order valence-corrected chi connectivity index (χ2v) is 6.37. The number of amides is 2. The second kappa shape index (κ2) is 7.41. The van der Waals surface area contributed by atoms with Crippen LogP contribution < -0.4 is 11.1 Å². The van der Waals surface area contributed by atoms with Crippen LogP contribution in [-0.2, 0) is 11.8 Å². The number of halogens is 1. The van der Waals surface area contributed by atoms with E-state index in [0.717, 1.165) is 6.07 Å². The SMILES string of the molecule is Cc1c(C(=O)C(=O)NC(C)C)c(-c2ccc(F)c(C#N)c2)c(C(N)=O)n1C. The van der Waals surface area contributed by atoms with Gasteiger partial charge in [-0.15, -0.1) is 0 Å². The molecule has 0 aliphatic carbocycles. The van der Waals surface area contributed by atoms with Gasteiger partial charge in [-0.25, -0.2) is 4.39 Å². The molecule has 7 nitrogen and oxygen atoms in total. The van der Waals surface area contributed by atoms with Gasteiger partial charge in [-0.3, -0.25) is 14.4 Å². The molecule has 0 saturated carbocycles. The number of nitriles is 1. The fraction of sp³-hybridized carbons (Fsp3) is 0.263. The Morgan fingerprint density at radius 2 is 1.93 bits per heavy atom. The number of carbonyl (C=O) groups is 3.